The van der Waals surface area contributed by atoms with Crippen LogP contribution < -0.4 is 0 Å². The van der Waals surface area contributed by atoms with Gasteiger partial charge in [-0.15, -0.1) is 0 Å². The molecule has 0 radical (unpaired) electrons. The van der Waals surface area contributed by atoms with Crippen molar-refractivity contribution in [1.82, 2.24) is 4.57 Å². The van der Waals surface area contributed by atoms with E-state index >= 15 is 0 Å². The number of halogens is 2. The summed E-state index contributed by atoms with van der Waals surface area (Å²) in [5, 5.41) is 0.603. The van der Waals surface area contributed by atoms with Crippen LogP contribution in [0.3, 0.4) is 0 Å². The highest BCUT2D eigenvalue weighted by atomic mass is 35.5. The summed E-state index contributed by atoms with van der Waals surface area (Å²) in [7, 11) is 1.87. The van der Waals surface area contributed by atoms with Gasteiger partial charge in [0.25, 0.3) is 0 Å². The van der Waals surface area contributed by atoms with Crippen LogP contribution >= 0.6 is 23.2 Å². The SMILES string of the molecule is Cc1cc(C(=O)COC(=O)c2cc(Cl)ccc2Cl)c(C)n1C. The summed E-state index contributed by atoms with van der Waals surface area (Å²) in [6, 6.07) is 6.27. The molecule has 0 unspecified atom stereocenters. The van der Waals surface area contributed by atoms with Gasteiger partial charge in [0.05, 0.1) is 10.6 Å². The average Bonchev–Trinajstić information content (AvgIpc) is 2.74. The molecule has 0 spiro atoms. The Morgan fingerprint density at radius 2 is 1.82 bits per heavy atom. The van der Waals surface area contributed by atoms with E-state index < -0.39 is 5.97 Å². The molecule has 0 aliphatic carbocycles. The maximum atomic E-state index is 12.2. The second-order valence-corrected chi connectivity index (χ2v) is 5.81. The van der Waals surface area contributed by atoms with Gasteiger partial charge in [-0.2, -0.15) is 0 Å². The largest absolute Gasteiger partial charge is 0.454 e. The van der Waals surface area contributed by atoms with Gasteiger partial charge in [0, 0.05) is 29.0 Å². The number of hydrogen-bond donors (Lipinski definition) is 0. The molecule has 22 heavy (non-hydrogen) atoms. The predicted octanol–water partition coefficient (Wildman–Crippen LogP) is 3.99. The molecular weight excluding hydrogens is 325 g/mol. The Kier molecular flexibility index (Phi) is 4.94. The summed E-state index contributed by atoms with van der Waals surface area (Å²) < 4.78 is 6.95. The lowest BCUT2D eigenvalue weighted by Crippen LogP contribution is -2.15. The van der Waals surface area contributed by atoms with Crippen molar-refractivity contribution in [2.45, 2.75) is 13.8 Å². The van der Waals surface area contributed by atoms with Crippen molar-refractivity contribution in [1.29, 1.82) is 0 Å². The monoisotopic (exact) mass is 339 g/mol. The molecule has 1 aromatic heterocycles. The van der Waals surface area contributed by atoms with Crippen LogP contribution in [0.25, 0.3) is 0 Å². The molecule has 6 heteroatoms. The van der Waals surface area contributed by atoms with Crippen molar-refractivity contribution >= 4 is 35.0 Å². The number of aryl methyl sites for hydroxylation is 1. The summed E-state index contributed by atoms with van der Waals surface area (Å²) >= 11 is 11.7. The molecule has 0 saturated heterocycles. The normalized spacial score (nSPS) is 10.6. The van der Waals surface area contributed by atoms with E-state index in [9.17, 15) is 9.59 Å². The van der Waals surface area contributed by atoms with Gasteiger partial charge < -0.3 is 9.30 Å². The quantitative estimate of drug-likeness (QED) is 0.625. The molecule has 0 aliphatic rings. The lowest BCUT2D eigenvalue weighted by atomic mass is 10.1. The molecule has 0 aliphatic heterocycles. The first kappa shape index (κ1) is 16.6. The maximum absolute atomic E-state index is 12.2. The molecule has 0 saturated carbocycles. The van der Waals surface area contributed by atoms with Gasteiger partial charge in [-0.3, -0.25) is 4.79 Å². The smallest absolute Gasteiger partial charge is 0.340 e. The first-order chi connectivity index (χ1) is 10.3. The van der Waals surface area contributed by atoms with Gasteiger partial charge in [-0.1, -0.05) is 23.2 Å². The van der Waals surface area contributed by atoms with Gasteiger partial charge >= 0.3 is 5.97 Å². The van der Waals surface area contributed by atoms with Gasteiger partial charge in [-0.25, -0.2) is 4.79 Å². The number of benzene rings is 1. The second kappa shape index (κ2) is 6.55. The first-order valence-corrected chi connectivity index (χ1v) is 7.35. The number of hydrogen-bond acceptors (Lipinski definition) is 3. The molecule has 0 atom stereocenters. The standard InChI is InChI=1S/C16H15Cl2NO3/c1-9-6-12(10(2)19(9)3)15(20)8-22-16(21)13-7-11(17)4-5-14(13)18/h4-7H,8H2,1-3H3. The Balaban J connectivity index is 2.09. The lowest BCUT2D eigenvalue weighted by molar-refractivity contribution is 0.0474. The predicted molar refractivity (Wildman–Crippen MR) is 86.0 cm³/mol. The number of nitrogens with zero attached hydrogens (tertiary/aromatic N) is 1. The molecular formula is C16H15Cl2NO3. The van der Waals surface area contributed by atoms with E-state index in [2.05, 4.69) is 0 Å². The molecule has 1 aromatic carbocycles. The minimum atomic E-state index is -0.675. The fraction of sp³-hybridized carbons (Fsp3) is 0.250. The van der Waals surface area contributed by atoms with Crippen LogP contribution in [0.15, 0.2) is 24.3 Å². The van der Waals surface area contributed by atoms with Crippen LogP contribution in [0.5, 0.6) is 0 Å². The van der Waals surface area contributed by atoms with Gasteiger partial charge in [0.2, 0.25) is 5.78 Å². The Labute approximate surface area is 138 Å². The van der Waals surface area contributed by atoms with Crippen LogP contribution in [0.1, 0.15) is 32.1 Å². The van der Waals surface area contributed by atoms with Crippen LogP contribution in [0, 0.1) is 13.8 Å². The second-order valence-electron chi connectivity index (χ2n) is 4.97. The Morgan fingerprint density at radius 3 is 2.41 bits per heavy atom. The topological polar surface area (TPSA) is 48.3 Å². The number of carbonyl (C=O) groups is 2. The van der Waals surface area contributed by atoms with Crippen molar-refractivity contribution in [3.8, 4) is 0 Å². The Hall–Kier alpha value is -1.78. The average molecular weight is 340 g/mol. The number of ether oxygens (including phenoxy) is 1. The summed E-state index contributed by atoms with van der Waals surface area (Å²) in [6.07, 6.45) is 0. The molecule has 116 valence electrons. The van der Waals surface area contributed by atoms with Crippen molar-refractivity contribution in [3.63, 3.8) is 0 Å². The lowest BCUT2D eigenvalue weighted by Gasteiger charge is -2.06. The number of carbonyl (C=O) groups excluding carboxylic acids is 2. The van der Waals surface area contributed by atoms with Crippen LogP contribution in [-0.2, 0) is 11.8 Å². The summed E-state index contributed by atoms with van der Waals surface area (Å²) in [4.78, 5) is 24.2. The molecule has 2 aromatic rings. The van der Waals surface area contributed by atoms with E-state index in [1.807, 2.05) is 25.5 Å². The third kappa shape index (κ3) is 3.34. The summed E-state index contributed by atoms with van der Waals surface area (Å²) in [6.45, 7) is 3.41. The van der Waals surface area contributed by atoms with E-state index in [-0.39, 0.29) is 23.0 Å². The zero-order chi connectivity index (χ0) is 16.4. The van der Waals surface area contributed by atoms with Crippen molar-refractivity contribution in [2.75, 3.05) is 6.61 Å². The van der Waals surface area contributed by atoms with E-state index in [0.717, 1.165) is 11.4 Å². The molecule has 0 amide bonds. The molecule has 0 fully saturated rings. The van der Waals surface area contributed by atoms with Crippen LogP contribution in [0.2, 0.25) is 10.0 Å². The van der Waals surface area contributed by atoms with Crippen LogP contribution in [-0.4, -0.2) is 22.9 Å². The molecule has 0 N–H and O–H groups in total. The van der Waals surface area contributed by atoms with E-state index in [0.29, 0.717) is 10.6 Å². The van der Waals surface area contributed by atoms with E-state index in [1.54, 1.807) is 12.1 Å². The molecule has 1 heterocycles. The molecule has 4 nitrogen and oxygen atoms in total. The van der Waals surface area contributed by atoms with E-state index in [4.69, 9.17) is 27.9 Å². The third-order valence-electron chi connectivity index (χ3n) is 3.56. The van der Waals surface area contributed by atoms with Crippen molar-refractivity contribution in [2.24, 2.45) is 7.05 Å². The summed E-state index contributed by atoms with van der Waals surface area (Å²) in [5.41, 5.74) is 2.48. The van der Waals surface area contributed by atoms with Gasteiger partial charge in [0.15, 0.2) is 6.61 Å². The fourth-order valence-electron chi connectivity index (χ4n) is 2.08. The highest BCUT2D eigenvalue weighted by Gasteiger charge is 2.18. The van der Waals surface area contributed by atoms with Gasteiger partial charge in [0.1, 0.15) is 0 Å². The van der Waals surface area contributed by atoms with Gasteiger partial charge in [-0.05, 0) is 38.1 Å². The van der Waals surface area contributed by atoms with Crippen LogP contribution in [0.4, 0.5) is 0 Å². The molecule has 0 bridgehead atoms. The minimum Gasteiger partial charge on any atom is -0.454 e. The van der Waals surface area contributed by atoms with Crippen molar-refractivity contribution in [3.05, 3.63) is 56.8 Å². The fourth-order valence-corrected chi connectivity index (χ4v) is 2.44. The highest BCUT2D eigenvalue weighted by Crippen LogP contribution is 2.21. The van der Waals surface area contributed by atoms with Crippen molar-refractivity contribution < 1.29 is 14.3 Å². The summed E-state index contributed by atoms with van der Waals surface area (Å²) in [5.74, 6) is -0.932. The first-order valence-electron chi connectivity index (χ1n) is 6.59. The Morgan fingerprint density at radius 1 is 1.14 bits per heavy atom. The third-order valence-corrected chi connectivity index (χ3v) is 4.12. The number of rotatable bonds is 4. The highest BCUT2D eigenvalue weighted by molar-refractivity contribution is 6.35. The number of esters is 1. The number of ketones is 1. The maximum Gasteiger partial charge on any atom is 0.340 e. The molecule has 2 rings (SSSR count). The number of aromatic nitrogens is 1. The zero-order valence-electron chi connectivity index (χ0n) is 12.4. The zero-order valence-corrected chi connectivity index (χ0v) is 14.0. The van der Waals surface area contributed by atoms with E-state index in [1.165, 1.54) is 12.1 Å². The minimum absolute atomic E-state index is 0.142. The number of Topliss-reactive ketones (excluding diaryl/α,β-unsaturated/α-hetero) is 1. The Bertz CT molecular complexity index is 750.